The van der Waals surface area contributed by atoms with Crippen LogP contribution in [-0.4, -0.2) is 12.3 Å². The molecule has 0 saturated heterocycles. The first-order valence-corrected chi connectivity index (χ1v) is 8.74. The summed E-state index contributed by atoms with van der Waals surface area (Å²) in [5.74, 6) is 0.702. The Bertz CT molecular complexity index is 538. The number of ketones is 1. The van der Waals surface area contributed by atoms with E-state index in [-0.39, 0.29) is 11.3 Å². The fourth-order valence-electron chi connectivity index (χ4n) is 3.18. The molecule has 23 heavy (non-hydrogen) atoms. The molecule has 2 nitrogen and oxygen atoms in total. The molecule has 1 aromatic carbocycles. The van der Waals surface area contributed by atoms with Crippen LogP contribution in [0.3, 0.4) is 0 Å². The number of carbonyl (C=O) groups excluding carboxylic acids is 1. The summed E-state index contributed by atoms with van der Waals surface area (Å²) >= 11 is 0. The third-order valence-electron chi connectivity index (χ3n) is 4.70. The van der Waals surface area contributed by atoms with Gasteiger partial charge in [-0.05, 0) is 61.4 Å². The number of Topliss-reactive ketones (excluding diaryl/α,β-unsaturated/α-hetero) is 1. The number of benzene rings is 1. The quantitative estimate of drug-likeness (QED) is 0.644. The Labute approximate surface area is 137 Å². The van der Waals surface area contributed by atoms with Crippen LogP contribution >= 0.6 is 0 Å². The topological polar surface area (TPSA) is 29.1 Å². The Morgan fingerprint density at radius 3 is 2.57 bits per heavy atom. The van der Waals surface area contributed by atoms with Crippen LogP contribution in [0.5, 0.6) is 0 Å². The predicted octanol–water partition coefficient (Wildman–Crippen LogP) is 5.06. The first kappa shape index (κ1) is 18.1. The summed E-state index contributed by atoms with van der Waals surface area (Å²) in [6.45, 7) is 5.24. The van der Waals surface area contributed by atoms with E-state index >= 15 is 0 Å². The molecule has 1 aliphatic carbocycles. The van der Waals surface area contributed by atoms with Gasteiger partial charge in [0.15, 0.2) is 5.78 Å². The molecular weight excluding hydrogens is 296 g/mol. The predicted molar refractivity (Wildman–Crippen MR) is 89.1 cm³/mol. The second-order valence-corrected chi connectivity index (χ2v) is 6.47. The average Bonchev–Trinajstić information content (AvgIpc) is 2.48. The van der Waals surface area contributed by atoms with Crippen molar-refractivity contribution in [2.45, 2.75) is 65.3 Å². The molecule has 0 aliphatic heterocycles. The lowest BCUT2D eigenvalue weighted by Gasteiger charge is -2.25. The minimum atomic E-state index is -2.54. The molecule has 4 heteroatoms. The molecule has 0 amide bonds. The summed E-state index contributed by atoms with van der Waals surface area (Å²) in [7, 11) is 0. The van der Waals surface area contributed by atoms with Crippen molar-refractivity contribution in [2.24, 2.45) is 5.92 Å². The molecule has 0 atom stereocenters. The molecule has 1 aliphatic rings. The van der Waals surface area contributed by atoms with Crippen molar-refractivity contribution < 1.29 is 13.6 Å². The molecule has 1 N–H and O–H groups in total. The van der Waals surface area contributed by atoms with Gasteiger partial charge in [-0.25, -0.2) is 8.78 Å². The van der Waals surface area contributed by atoms with Crippen LogP contribution < -0.4 is 5.32 Å². The average molecular weight is 323 g/mol. The van der Waals surface area contributed by atoms with Crippen molar-refractivity contribution in [1.29, 1.82) is 0 Å². The number of nitrogens with one attached hydrogen (secondary N) is 1. The van der Waals surface area contributed by atoms with Gasteiger partial charge in [-0.1, -0.05) is 20.3 Å². The fraction of sp³-hybridized carbons (Fsp3) is 0.632. The minimum Gasteiger partial charge on any atom is -0.312 e. The fourth-order valence-corrected chi connectivity index (χ4v) is 3.18. The first-order chi connectivity index (χ1) is 11.1. The van der Waals surface area contributed by atoms with E-state index in [1.807, 2.05) is 19.9 Å². The molecule has 0 heterocycles. The van der Waals surface area contributed by atoms with Crippen LogP contribution in [0.2, 0.25) is 0 Å². The second-order valence-electron chi connectivity index (χ2n) is 6.47. The van der Waals surface area contributed by atoms with Crippen LogP contribution in [0.4, 0.5) is 8.78 Å². The van der Waals surface area contributed by atoms with Gasteiger partial charge in [-0.3, -0.25) is 4.79 Å². The SMILES string of the molecule is CCCC(=O)c1cc(CNCC2CCC2)cc(C(F)F)c1CC. The largest absolute Gasteiger partial charge is 0.312 e. The number of halogens is 2. The van der Waals surface area contributed by atoms with Crippen molar-refractivity contribution >= 4 is 5.78 Å². The van der Waals surface area contributed by atoms with E-state index in [1.165, 1.54) is 19.3 Å². The van der Waals surface area contributed by atoms with Crippen LogP contribution in [0.15, 0.2) is 12.1 Å². The van der Waals surface area contributed by atoms with Crippen molar-refractivity contribution in [2.75, 3.05) is 6.54 Å². The van der Waals surface area contributed by atoms with E-state index in [2.05, 4.69) is 5.32 Å². The van der Waals surface area contributed by atoms with Crippen LogP contribution in [0.1, 0.15) is 79.4 Å². The van der Waals surface area contributed by atoms with E-state index < -0.39 is 6.43 Å². The van der Waals surface area contributed by atoms with Gasteiger partial charge in [0.2, 0.25) is 0 Å². The van der Waals surface area contributed by atoms with Crippen LogP contribution in [-0.2, 0) is 13.0 Å². The molecule has 1 fully saturated rings. The Balaban J connectivity index is 2.21. The van der Waals surface area contributed by atoms with Gasteiger partial charge in [0.25, 0.3) is 6.43 Å². The number of rotatable bonds is 9. The smallest absolute Gasteiger partial charge is 0.264 e. The highest BCUT2D eigenvalue weighted by Gasteiger charge is 2.21. The van der Waals surface area contributed by atoms with Gasteiger partial charge in [0.1, 0.15) is 0 Å². The maximum absolute atomic E-state index is 13.4. The van der Waals surface area contributed by atoms with Crippen molar-refractivity contribution in [3.63, 3.8) is 0 Å². The lowest BCUT2D eigenvalue weighted by Crippen LogP contribution is -2.27. The van der Waals surface area contributed by atoms with E-state index in [0.29, 0.717) is 30.5 Å². The summed E-state index contributed by atoms with van der Waals surface area (Å²) in [5.41, 5.74) is 1.82. The van der Waals surface area contributed by atoms with Gasteiger partial charge < -0.3 is 5.32 Å². The number of carbonyl (C=O) groups is 1. The highest BCUT2D eigenvalue weighted by atomic mass is 19.3. The van der Waals surface area contributed by atoms with Gasteiger partial charge >= 0.3 is 0 Å². The third-order valence-corrected chi connectivity index (χ3v) is 4.70. The van der Waals surface area contributed by atoms with E-state index in [9.17, 15) is 13.6 Å². The van der Waals surface area contributed by atoms with Gasteiger partial charge in [-0.2, -0.15) is 0 Å². The maximum atomic E-state index is 13.4. The zero-order valence-corrected chi connectivity index (χ0v) is 14.1. The van der Waals surface area contributed by atoms with E-state index in [1.54, 1.807) is 6.07 Å². The number of alkyl halides is 2. The van der Waals surface area contributed by atoms with Gasteiger partial charge in [0.05, 0.1) is 0 Å². The minimum absolute atomic E-state index is 0.0212. The molecule has 1 aromatic rings. The molecule has 2 rings (SSSR count). The summed E-state index contributed by atoms with van der Waals surface area (Å²) in [6.07, 6.45) is 2.87. The summed E-state index contributed by atoms with van der Waals surface area (Å²) in [6, 6.07) is 3.39. The standard InChI is InChI=1S/C19H27F2NO/c1-3-6-18(23)16-9-14(12-22-11-13-7-5-8-13)10-17(19(20)21)15(16)4-2/h9-10,13,19,22H,3-8,11-12H2,1-2H3. The molecule has 0 spiro atoms. The van der Waals surface area contributed by atoms with E-state index in [0.717, 1.165) is 24.4 Å². The van der Waals surface area contributed by atoms with Crippen LogP contribution in [0.25, 0.3) is 0 Å². The molecule has 0 radical (unpaired) electrons. The van der Waals surface area contributed by atoms with Crippen molar-refractivity contribution in [1.82, 2.24) is 5.32 Å². The highest BCUT2D eigenvalue weighted by Crippen LogP contribution is 2.29. The Morgan fingerprint density at radius 2 is 2.04 bits per heavy atom. The Morgan fingerprint density at radius 1 is 1.30 bits per heavy atom. The lowest BCUT2D eigenvalue weighted by molar-refractivity contribution is 0.0980. The number of hydrogen-bond acceptors (Lipinski definition) is 2. The number of hydrogen-bond donors (Lipinski definition) is 1. The molecule has 1 saturated carbocycles. The summed E-state index contributed by atoms with van der Waals surface area (Å²) in [4.78, 5) is 12.3. The highest BCUT2D eigenvalue weighted by molar-refractivity contribution is 5.98. The van der Waals surface area contributed by atoms with Gasteiger partial charge in [0, 0.05) is 24.1 Å². The molecule has 0 bridgehead atoms. The van der Waals surface area contributed by atoms with E-state index in [4.69, 9.17) is 0 Å². The first-order valence-electron chi connectivity index (χ1n) is 8.74. The molecule has 0 unspecified atom stereocenters. The van der Waals surface area contributed by atoms with Crippen molar-refractivity contribution in [3.8, 4) is 0 Å². The lowest BCUT2D eigenvalue weighted by atomic mass is 9.85. The van der Waals surface area contributed by atoms with Gasteiger partial charge in [-0.15, -0.1) is 0 Å². The maximum Gasteiger partial charge on any atom is 0.264 e. The monoisotopic (exact) mass is 323 g/mol. The molecule has 0 aromatic heterocycles. The summed E-state index contributed by atoms with van der Waals surface area (Å²) in [5, 5.41) is 3.35. The second kappa shape index (κ2) is 8.53. The third kappa shape index (κ3) is 4.60. The zero-order valence-electron chi connectivity index (χ0n) is 14.1. The molecule has 128 valence electrons. The van der Waals surface area contributed by atoms with Crippen LogP contribution in [0, 0.1) is 5.92 Å². The zero-order chi connectivity index (χ0) is 16.8. The Hall–Kier alpha value is -1.29. The molecular formula is C19H27F2NO. The normalized spacial score (nSPS) is 15.0. The van der Waals surface area contributed by atoms with Crippen molar-refractivity contribution in [3.05, 3.63) is 34.4 Å². The summed E-state index contributed by atoms with van der Waals surface area (Å²) < 4.78 is 26.8. The Kier molecular flexibility index (Phi) is 6.70.